The first-order valence-corrected chi connectivity index (χ1v) is 3.52. The highest BCUT2D eigenvalue weighted by atomic mass is 16.7. The van der Waals surface area contributed by atoms with Crippen molar-refractivity contribution in [2.45, 2.75) is 20.3 Å². The van der Waals surface area contributed by atoms with Crippen LogP contribution in [0.1, 0.15) is 20.3 Å². The maximum atomic E-state index is 5.13. The molecule has 60 valence electrons. The SMILES string of the molecule is C=C(OCOC)C(C)CC. The Hall–Kier alpha value is -0.500. The van der Waals surface area contributed by atoms with Crippen molar-refractivity contribution in [2.24, 2.45) is 5.92 Å². The van der Waals surface area contributed by atoms with Crippen LogP contribution >= 0.6 is 0 Å². The first-order chi connectivity index (χ1) is 4.72. The molecule has 0 aromatic heterocycles. The summed E-state index contributed by atoms with van der Waals surface area (Å²) in [6.07, 6.45) is 1.06. The summed E-state index contributed by atoms with van der Waals surface area (Å²) in [6, 6.07) is 0. The second-order valence-electron chi connectivity index (χ2n) is 2.33. The van der Waals surface area contributed by atoms with E-state index in [0.717, 1.165) is 12.2 Å². The smallest absolute Gasteiger partial charge is 0.188 e. The number of hydrogen-bond donors (Lipinski definition) is 0. The molecular formula is C8H16O2. The van der Waals surface area contributed by atoms with Gasteiger partial charge in [-0.05, 0) is 6.42 Å². The van der Waals surface area contributed by atoms with E-state index in [0.29, 0.717) is 12.7 Å². The number of methoxy groups -OCH3 is 1. The van der Waals surface area contributed by atoms with Crippen LogP contribution in [0, 0.1) is 5.92 Å². The van der Waals surface area contributed by atoms with Gasteiger partial charge in [-0.15, -0.1) is 0 Å². The largest absolute Gasteiger partial charge is 0.472 e. The Morgan fingerprint density at radius 1 is 1.60 bits per heavy atom. The standard InChI is InChI=1S/C8H16O2/c1-5-7(2)8(3)10-6-9-4/h7H,3,5-6H2,1-2,4H3. The summed E-state index contributed by atoms with van der Waals surface area (Å²) in [4.78, 5) is 0. The van der Waals surface area contributed by atoms with E-state index >= 15 is 0 Å². The monoisotopic (exact) mass is 144 g/mol. The Morgan fingerprint density at radius 3 is 2.60 bits per heavy atom. The van der Waals surface area contributed by atoms with E-state index in [2.05, 4.69) is 20.4 Å². The summed E-state index contributed by atoms with van der Waals surface area (Å²) >= 11 is 0. The highest BCUT2D eigenvalue weighted by Crippen LogP contribution is 2.12. The quantitative estimate of drug-likeness (QED) is 0.435. The van der Waals surface area contributed by atoms with Gasteiger partial charge in [0.2, 0.25) is 0 Å². The molecule has 0 fully saturated rings. The third kappa shape index (κ3) is 3.51. The summed E-state index contributed by atoms with van der Waals surface area (Å²) < 4.78 is 9.85. The van der Waals surface area contributed by atoms with Gasteiger partial charge in [0, 0.05) is 13.0 Å². The van der Waals surface area contributed by atoms with Crippen LogP contribution in [0.25, 0.3) is 0 Å². The molecule has 1 atom stereocenters. The van der Waals surface area contributed by atoms with Crippen LogP contribution in [0.4, 0.5) is 0 Å². The summed E-state index contributed by atoms with van der Waals surface area (Å²) in [5.74, 6) is 1.24. The molecule has 0 bridgehead atoms. The van der Waals surface area contributed by atoms with E-state index in [9.17, 15) is 0 Å². The van der Waals surface area contributed by atoms with E-state index in [1.165, 1.54) is 0 Å². The fourth-order valence-electron chi connectivity index (χ4n) is 0.505. The molecule has 0 saturated carbocycles. The van der Waals surface area contributed by atoms with Gasteiger partial charge in [0.15, 0.2) is 6.79 Å². The number of ether oxygens (including phenoxy) is 2. The first kappa shape index (κ1) is 9.50. The molecule has 2 heteroatoms. The molecule has 10 heavy (non-hydrogen) atoms. The molecule has 2 nitrogen and oxygen atoms in total. The molecule has 1 unspecified atom stereocenters. The van der Waals surface area contributed by atoms with Crippen LogP contribution in [-0.4, -0.2) is 13.9 Å². The molecule has 0 aliphatic heterocycles. The maximum absolute atomic E-state index is 5.13. The number of rotatable bonds is 5. The molecule has 0 aromatic carbocycles. The van der Waals surface area contributed by atoms with Gasteiger partial charge >= 0.3 is 0 Å². The average molecular weight is 144 g/mol. The zero-order valence-corrected chi connectivity index (χ0v) is 7.02. The van der Waals surface area contributed by atoms with Crippen LogP contribution in [0.3, 0.4) is 0 Å². The van der Waals surface area contributed by atoms with Crippen molar-refractivity contribution in [1.82, 2.24) is 0 Å². The fraction of sp³-hybridized carbons (Fsp3) is 0.750. The van der Waals surface area contributed by atoms with Gasteiger partial charge in [-0.2, -0.15) is 0 Å². The van der Waals surface area contributed by atoms with Crippen LogP contribution in [0.5, 0.6) is 0 Å². The predicted molar refractivity (Wildman–Crippen MR) is 41.6 cm³/mol. The number of hydrogen-bond acceptors (Lipinski definition) is 2. The molecule has 0 spiro atoms. The van der Waals surface area contributed by atoms with Gasteiger partial charge in [0.1, 0.15) is 0 Å². The minimum absolute atomic E-state index is 0.309. The first-order valence-electron chi connectivity index (χ1n) is 3.52. The molecule has 0 aliphatic rings. The van der Waals surface area contributed by atoms with E-state index in [-0.39, 0.29) is 0 Å². The minimum atomic E-state index is 0.309. The second kappa shape index (κ2) is 5.30. The van der Waals surface area contributed by atoms with Gasteiger partial charge in [-0.25, -0.2) is 0 Å². The molecule has 0 saturated heterocycles. The summed E-state index contributed by atoms with van der Waals surface area (Å²) in [5, 5.41) is 0. The van der Waals surface area contributed by atoms with Crippen molar-refractivity contribution in [2.75, 3.05) is 13.9 Å². The topological polar surface area (TPSA) is 18.5 Å². The molecule has 0 rings (SSSR count). The third-order valence-corrected chi connectivity index (χ3v) is 1.52. The lowest BCUT2D eigenvalue weighted by atomic mass is 10.1. The van der Waals surface area contributed by atoms with E-state index < -0.39 is 0 Å². The lowest BCUT2D eigenvalue weighted by molar-refractivity contribution is -0.00360. The Labute approximate surface area is 62.8 Å². The Balaban J connectivity index is 3.42. The lowest BCUT2D eigenvalue weighted by Crippen LogP contribution is -2.03. The van der Waals surface area contributed by atoms with Crippen LogP contribution in [-0.2, 0) is 9.47 Å². The van der Waals surface area contributed by atoms with Gasteiger partial charge in [0.05, 0.1) is 5.76 Å². The summed E-state index contributed by atoms with van der Waals surface area (Å²) in [7, 11) is 1.60. The van der Waals surface area contributed by atoms with Crippen LogP contribution in [0.2, 0.25) is 0 Å². The van der Waals surface area contributed by atoms with Gasteiger partial charge < -0.3 is 9.47 Å². The maximum Gasteiger partial charge on any atom is 0.188 e. The van der Waals surface area contributed by atoms with Crippen molar-refractivity contribution in [3.05, 3.63) is 12.3 Å². The molecule has 0 radical (unpaired) electrons. The Morgan fingerprint density at radius 2 is 2.20 bits per heavy atom. The highest BCUT2D eigenvalue weighted by molar-refractivity contribution is 4.87. The summed E-state index contributed by atoms with van der Waals surface area (Å²) in [6.45, 7) is 8.25. The van der Waals surface area contributed by atoms with Crippen LogP contribution < -0.4 is 0 Å². The molecule has 0 aromatic rings. The van der Waals surface area contributed by atoms with E-state index in [4.69, 9.17) is 9.47 Å². The molecule has 0 heterocycles. The van der Waals surface area contributed by atoms with Gasteiger partial charge in [0.25, 0.3) is 0 Å². The van der Waals surface area contributed by atoms with Gasteiger partial charge in [-0.1, -0.05) is 20.4 Å². The van der Waals surface area contributed by atoms with E-state index in [1.807, 2.05) is 0 Å². The summed E-state index contributed by atoms with van der Waals surface area (Å²) in [5.41, 5.74) is 0. The number of allylic oxidation sites excluding steroid dienone is 1. The fourth-order valence-corrected chi connectivity index (χ4v) is 0.505. The Bertz CT molecular complexity index is 99.4. The molecule has 0 aliphatic carbocycles. The average Bonchev–Trinajstić information content (AvgIpc) is 1.98. The van der Waals surface area contributed by atoms with Crippen molar-refractivity contribution in [3.8, 4) is 0 Å². The van der Waals surface area contributed by atoms with Crippen molar-refractivity contribution in [3.63, 3.8) is 0 Å². The lowest BCUT2D eigenvalue weighted by Gasteiger charge is -2.12. The molecular weight excluding hydrogens is 128 g/mol. The van der Waals surface area contributed by atoms with Crippen molar-refractivity contribution in [1.29, 1.82) is 0 Å². The highest BCUT2D eigenvalue weighted by Gasteiger charge is 2.03. The molecule has 0 N–H and O–H groups in total. The Kier molecular flexibility index (Phi) is 5.03. The normalized spacial score (nSPS) is 12.7. The van der Waals surface area contributed by atoms with Crippen LogP contribution in [0.15, 0.2) is 12.3 Å². The zero-order valence-electron chi connectivity index (χ0n) is 7.02. The third-order valence-electron chi connectivity index (χ3n) is 1.52. The minimum Gasteiger partial charge on any atom is -0.472 e. The zero-order chi connectivity index (χ0) is 7.98. The second-order valence-corrected chi connectivity index (χ2v) is 2.33. The van der Waals surface area contributed by atoms with E-state index in [1.54, 1.807) is 7.11 Å². The van der Waals surface area contributed by atoms with Gasteiger partial charge in [-0.3, -0.25) is 0 Å². The van der Waals surface area contributed by atoms with Crippen molar-refractivity contribution < 1.29 is 9.47 Å². The molecule has 0 amide bonds. The predicted octanol–water partition coefficient (Wildman–Crippen LogP) is 2.17. The van der Waals surface area contributed by atoms with Crippen molar-refractivity contribution >= 4 is 0 Å².